The number of amides is 1. The molecule has 16 heavy (non-hydrogen) atoms. The molecule has 1 atom stereocenters. The van der Waals surface area contributed by atoms with Crippen LogP contribution in [0.15, 0.2) is 18.2 Å². The van der Waals surface area contributed by atoms with Gasteiger partial charge in [0.25, 0.3) is 0 Å². The van der Waals surface area contributed by atoms with Gasteiger partial charge in [0.1, 0.15) is 6.04 Å². The summed E-state index contributed by atoms with van der Waals surface area (Å²) in [6.45, 7) is 1.53. The molecular formula is C10H13N3O3. The minimum atomic E-state index is -1.12. The van der Waals surface area contributed by atoms with Crippen LogP contribution in [-0.4, -0.2) is 23.0 Å². The van der Waals surface area contributed by atoms with E-state index in [-0.39, 0.29) is 16.9 Å². The summed E-state index contributed by atoms with van der Waals surface area (Å²) >= 11 is 0. The minimum Gasteiger partial charge on any atom is -0.478 e. The lowest BCUT2D eigenvalue weighted by molar-refractivity contribution is -0.118. The van der Waals surface area contributed by atoms with Crippen molar-refractivity contribution >= 4 is 23.3 Å². The number of primary amides is 1. The maximum atomic E-state index is 10.9. The van der Waals surface area contributed by atoms with Crippen LogP contribution in [0.2, 0.25) is 0 Å². The Balaban J connectivity index is 3.11. The molecule has 0 aliphatic rings. The van der Waals surface area contributed by atoms with Gasteiger partial charge in [0.15, 0.2) is 0 Å². The van der Waals surface area contributed by atoms with Crippen LogP contribution in [0.4, 0.5) is 11.4 Å². The van der Waals surface area contributed by atoms with Crippen LogP contribution in [-0.2, 0) is 4.79 Å². The van der Waals surface area contributed by atoms with Crippen molar-refractivity contribution in [1.29, 1.82) is 0 Å². The Morgan fingerprint density at radius 1 is 1.44 bits per heavy atom. The average molecular weight is 223 g/mol. The van der Waals surface area contributed by atoms with Crippen molar-refractivity contribution in [1.82, 2.24) is 0 Å². The van der Waals surface area contributed by atoms with Crippen molar-refractivity contribution < 1.29 is 14.7 Å². The van der Waals surface area contributed by atoms with Gasteiger partial charge in [-0.25, -0.2) is 4.79 Å². The number of benzene rings is 1. The molecule has 0 saturated carbocycles. The lowest BCUT2D eigenvalue weighted by atomic mass is 10.1. The monoisotopic (exact) mass is 223 g/mol. The summed E-state index contributed by atoms with van der Waals surface area (Å²) in [5, 5.41) is 11.6. The lowest BCUT2D eigenvalue weighted by Gasteiger charge is -2.15. The number of nitrogen functional groups attached to an aromatic ring is 1. The Morgan fingerprint density at radius 3 is 2.56 bits per heavy atom. The van der Waals surface area contributed by atoms with Crippen molar-refractivity contribution in [2.24, 2.45) is 5.73 Å². The standard InChI is InChI=1S/C10H13N3O3/c1-5(9(12)14)13-8-6(10(15)16)3-2-4-7(8)11/h2-5,13H,11H2,1H3,(H2,12,14)(H,15,16). The summed E-state index contributed by atoms with van der Waals surface area (Å²) in [5.74, 6) is -1.70. The van der Waals surface area contributed by atoms with Crippen LogP contribution in [0.1, 0.15) is 17.3 Å². The van der Waals surface area contributed by atoms with E-state index >= 15 is 0 Å². The van der Waals surface area contributed by atoms with E-state index in [1.54, 1.807) is 6.07 Å². The maximum Gasteiger partial charge on any atom is 0.337 e. The lowest BCUT2D eigenvalue weighted by Crippen LogP contribution is -2.33. The first kappa shape index (κ1) is 11.8. The zero-order valence-electron chi connectivity index (χ0n) is 8.73. The van der Waals surface area contributed by atoms with E-state index in [4.69, 9.17) is 16.6 Å². The van der Waals surface area contributed by atoms with Crippen molar-refractivity contribution in [2.75, 3.05) is 11.1 Å². The third-order valence-electron chi connectivity index (χ3n) is 2.11. The SMILES string of the molecule is CC(Nc1c(N)cccc1C(=O)O)C(N)=O. The number of carbonyl (C=O) groups excluding carboxylic acids is 1. The van der Waals surface area contributed by atoms with Crippen LogP contribution in [0.5, 0.6) is 0 Å². The van der Waals surface area contributed by atoms with Gasteiger partial charge in [-0.2, -0.15) is 0 Å². The molecule has 0 heterocycles. The molecule has 1 aromatic rings. The molecule has 1 amide bonds. The van der Waals surface area contributed by atoms with Gasteiger partial charge in [-0.05, 0) is 19.1 Å². The van der Waals surface area contributed by atoms with Crippen molar-refractivity contribution in [3.05, 3.63) is 23.8 Å². The number of para-hydroxylation sites is 1. The predicted octanol–water partition coefficient (Wildman–Crippen LogP) is 0.253. The van der Waals surface area contributed by atoms with Gasteiger partial charge in [0, 0.05) is 0 Å². The number of nitrogens with two attached hydrogens (primary N) is 2. The highest BCUT2D eigenvalue weighted by Crippen LogP contribution is 2.24. The molecule has 0 fully saturated rings. The fourth-order valence-electron chi connectivity index (χ4n) is 1.20. The average Bonchev–Trinajstić information content (AvgIpc) is 2.20. The third-order valence-corrected chi connectivity index (χ3v) is 2.11. The molecule has 0 saturated heterocycles. The second-order valence-corrected chi connectivity index (χ2v) is 3.34. The van der Waals surface area contributed by atoms with Gasteiger partial charge in [-0.3, -0.25) is 4.79 Å². The molecule has 0 bridgehead atoms. The summed E-state index contributed by atoms with van der Waals surface area (Å²) < 4.78 is 0. The van der Waals surface area contributed by atoms with E-state index in [0.717, 1.165) is 0 Å². The minimum absolute atomic E-state index is 0.00750. The van der Waals surface area contributed by atoms with Crippen molar-refractivity contribution in [3.63, 3.8) is 0 Å². The van der Waals surface area contributed by atoms with Crippen molar-refractivity contribution in [2.45, 2.75) is 13.0 Å². The molecular weight excluding hydrogens is 210 g/mol. The Kier molecular flexibility index (Phi) is 3.34. The first-order valence-corrected chi connectivity index (χ1v) is 4.61. The van der Waals surface area contributed by atoms with Gasteiger partial charge in [-0.15, -0.1) is 0 Å². The number of carbonyl (C=O) groups is 2. The smallest absolute Gasteiger partial charge is 0.337 e. The number of hydrogen-bond donors (Lipinski definition) is 4. The molecule has 0 aliphatic heterocycles. The molecule has 0 aliphatic carbocycles. The van der Waals surface area contributed by atoms with Gasteiger partial charge in [0.05, 0.1) is 16.9 Å². The van der Waals surface area contributed by atoms with Gasteiger partial charge < -0.3 is 21.9 Å². The third kappa shape index (κ3) is 2.41. The largest absolute Gasteiger partial charge is 0.478 e. The van der Waals surface area contributed by atoms with E-state index in [1.165, 1.54) is 19.1 Å². The first-order chi connectivity index (χ1) is 7.43. The normalized spacial score (nSPS) is 11.8. The number of carboxylic acid groups (broad SMARTS) is 1. The molecule has 0 radical (unpaired) electrons. The molecule has 6 nitrogen and oxygen atoms in total. The Hall–Kier alpha value is -2.24. The highest BCUT2D eigenvalue weighted by molar-refractivity contribution is 5.98. The molecule has 0 spiro atoms. The van der Waals surface area contributed by atoms with Crippen LogP contribution in [0, 0.1) is 0 Å². The van der Waals surface area contributed by atoms with E-state index in [2.05, 4.69) is 5.32 Å². The van der Waals surface area contributed by atoms with Crippen LogP contribution in [0.25, 0.3) is 0 Å². The number of carboxylic acids is 1. The topological polar surface area (TPSA) is 118 Å². The van der Waals surface area contributed by atoms with E-state index in [0.29, 0.717) is 0 Å². The van der Waals surface area contributed by atoms with E-state index in [9.17, 15) is 9.59 Å². The summed E-state index contributed by atoms with van der Waals surface area (Å²) in [4.78, 5) is 21.8. The molecule has 1 unspecified atom stereocenters. The molecule has 1 rings (SSSR count). The van der Waals surface area contributed by atoms with Gasteiger partial charge in [0.2, 0.25) is 5.91 Å². The second-order valence-electron chi connectivity index (χ2n) is 3.34. The summed E-state index contributed by atoms with van der Waals surface area (Å²) in [7, 11) is 0. The second kappa shape index (κ2) is 4.52. The zero-order valence-corrected chi connectivity index (χ0v) is 8.73. The van der Waals surface area contributed by atoms with Crippen molar-refractivity contribution in [3.8, 4) is 0 Å². The maximum absolute atomic E-state index is 10.9. The molecule has 0 aromatic heterocycles. The number of hydrogen-bond acceptors (Lipinski definition) is 4. The summed E-state index contributed by atoms with van der Waals surface area (Å²) in [6.07, 6.45) is 0. The quantitative estimate of drug-likeness (QED) is 0.546. The Bertz CT molecular complexity index is 431. The number of aromatic carboxylic acids is 1. The van der Waals surface area contributed by atoms with Gasteiger partial charge >= 0.3 is 5.97 Å². The highest BCUT2D eigenvalue weighted by Gasteiger charge is 2.16. The number of anilines is 2. The van der Waals surface area contributed by atoms with E-state index in [1.807, 2.05) is 0 Å². The van der Waals surface area contributed by atoms with Gasteiger partial charge in [-0.1, -0.05) is 6.07 Å². The Morgan fingerprint density at radius 2 is 2.06 bits per heavy atom. The van der Waals surface area contributed by atoms with Crippen LogP contribution < -0.4 is 16.8 Å². The number of rotatable bonds is 4. The summed E-state index contributed by atoms with van der Waals surface area (Å²) in [5.41, 5.74) is 11.2. The molecule has 1 aromatic carbocycles. The zero-order chi connectivity index (χ0) is 12.3. The molecule has 6 heteroatoms. The molecule has 6 N–H and O–H groups in total. The predicted molar refractivity (Wildman–Crippen MR) is 60.1 cm³/mol. The Labute approximate surface area is 92.2 Å². The van der Waals surface area contributed by atoms with Crippen LogP contribution in [0.3, 0.4) is 0 Å². The first-order valence-electron chi connectivity index (χ1n) is 4.61. The number of nitrogens with one attached hydrogen (secondary N) is 1. The fourth-order valence-corrected chi connectivity index (χ4v) is 1.20. The van der Waals surface area contributed by atoms with Crippen LogP contribution >= 0.6 is 0 Å². The fraction of sp³-hybridized carbons (Fsp3) is 0.200. The van der Waals surface area contributed by atoms with E-state index < -0.39 is 17.9 Å². The summed E-state index contributed by atoms with van der Waals surface area (Å²) in [6, 6.07) is 3.78. The molecule has 86 valence electrons. The highest BCUT2D eigenvalue weighted by atomic mass is 16.4.